The van der Waals surface area contributed by atoms with Crippen LogP contribution in [0.15, 0.2) is 0 Å². The second-order valence-corrected chi connectivity index (χ2v) is 3.55. The summed E-state index contributed by atoms with van der Waals surface area (Å²) >= 11 is 0. The molecule has 0 radical (unpaired) electrons. The number of hydrogen-bond donors (Lipinski definition) is 2. The molecule has 0 amide bonds. The van der Waals surface area contributed by atoms with Crippen LogP contribution >= 0.6 is 0 Å². The molecule has 2 N–H and O–H groups in total. The average molecular weight is 175 g/mol. The molecule has 0 aromatic carbocycles. The molecule has 2 atom stereocenters. The predicted octanol–water partition coefficient (Wildman–Crippen LogP) is 0.628. The van der Waals surface area contributed by atoms with Crippen LogP contribution in [0.25, 0.3) is 0 Å². The van der Waals surface area contributed by atoms with Crippen molar-refractivity contribution >= 4 is 0 Å². The largest absolute Gasteiger partial charge is 0.389 e. The zero-order valence-electron chi connectivity index (χ0n) is 8.50. The molecule has 3 nitrogen and oxygen atoms in total. The van der Waals surface area contributed by atoms with Gasteiger partial charge in [-0.05, 0) is 12.8 Å². The minimum Gasteiger partial charge on any atom is -0.389 e. The molecule has 74 valence electrons. The molecule has 0 bridgehead atoms. The highest BCUT2D eigenvalue weighted by Crippen LogP contribution is 1.99. The third-order valence-electron chi connectivity index (χ3n) is 2.03. The molecule has 2 unspecified atom stereocenters. The van der Waals surface area contributed by atoms with Gasteiger partial charge in [-0.15, -0.1) is 0 Å². The fourth-order valence-corrected chi connectivity index (χ4v) is 0.809. The number of aliphatic hydroxyl groups excluding tert-OH is 1. The zero-order valence-corrected chi connectivity index (χ0v) is 8.50. The highest BCUT2D eigenvalue weighted by Gasteiger charge is 2.08. The quantitative estimate of drug-likeness (QED) is 0.622. The number of aliphatic hydroxyl groups is 1. The molecule has 0 spiro atoms. The highest BCUT2D eigenvalue weighted by molar-refractivity contribution is 4.67. The number of ether oxygens (including phenoxy) is 1. The van der Waals surface area contributed by atoms with Crippen molar-refractivity contribution in [2.24, 2.45) is 5.92 Å². The molecule has 0 aliphatic rings. The van der Waals surface area contributed by atoms with Gasteiger partial charge in [0, 0.05) is 19.7 Å². The lowest BCUT2D eigenvalue weighted by Crippen LogP contribution is -2.38. The Balaban J connectivity index is 3.40. The van der Waals surface area contributed by atoms with Gasteiger partial charge in [0.1, 0.15) is 0 Å². The summed E-state index contributed by atoms with van der Waals surface area (Å²) in [6, 6.07) is 0.441. The van der Waals surface area contributed by atoms with Crippen molar-refractivity contribution in [3.8, 4) is 0 Å². The summed E-state index contributed by atoms with van der Waals surface area (Å²) in [6.07, 6.45) is -0.392. The van der Waals surface area contributed by atoms with Gasteiger partial charge >= 0.3 is 0 Å². The molecule has 0 aliphatic carbocycles. The number of nitrogens with one attached hydrogen (secondary N) is 1. The summed E-state index contributed by atoms with van der Waals surface area (Å²) in [6.45, 7) is 7.43. The molecule has 0 fully saturated rings. The summed E-state index contributed by atoms with van der Waals surface area (Å²) in [5, 5.41) is 12.5. The minimum atomic E-state index is -0.392. The molecule has 0 saturated heterocycles. The van der Waals surface area contributed by atoms with Crippen molar-refractivity contribution in [2.75, 3.05) is 20.3 Å². The molecular weight excluding hydrogens is 154 g/mol. The SMILES string of the molecule is COCC(O)CNC(C)C(C)C. The van der Waals surface area contributed by atoms with Gasteiger partial charge in [-0.2, -0.15) is 0 Å². The Morgan fingerprint density at radius 2 is 1.92 bits per heavy atom. The summed E-state index contributed by atoms with van der Waals surface area (Å²) < 4.78 is 4.81. The van der Waals surface area contributed by atoms with Crippen molar-refractivity contribution in [3.05, 3.63) is 0 Å². The summed E-state index contributed by atoms with van der Waals surface area (Å²) in [7, 11) is 1.59. The van der Waals surface area contributed by atoms with E-state index in [1.165, 1.54) is 0 Å². The fraction of sp³-hybridized carbons (Fsp3) is 1.00. The van der Waals surface area contributed by atoms with E-state index in [0.717, 1.165) is 0 Å². The Bertz CT molecular complexity index is 107. The molecule has 0 heterocycles. The van der Waals surface area contributed by atoms with E-state index in [-0.39, 0.29) is 0 Å². The Morgan fingerprint density at radius 1 is 1.33 bits per heavy atom. The lowest BCUT2D eigenvalue weighted by atomic mass is 10.1. The summed E-state index contributed by atoms with van der Waals surface area (Å²) in [5.41, 5.74) is 0. The molecule has 0 rings (SSSR count). The smallest absolute Gasteiger partial charge is 0.0897 e. The van der Waals surface area contributed by atoms with Crippen LogP contribution < -0.4 is 5.32 Å². The van der Waals surface area contributed by atoms with Gasteiger partial charge in [-0.25, -0.2) is 0 Å². The van der Waals surface area contributed by atoms with Crippen LogP contribution in [0.1, 0.15) is 20.8 Å². The third kappa shape index (κ3) is 5.52. The standard InChI is InChI=1S/C9H21NO2/c1-7(2)8(3)10-5-9(11)6-12-4/h7-11H,5-6H2,1-4H3. The summed E-state index contributed by atoms with van der Waals surface area (Å²) in [5.74, 6) is 0.597. The van der Waals surface area contributed by atoms with Gasteiger partial charge in [0.25, 0.3) is 0 Å². The first-order chi connectivity index (χ1) is 5.57. The van der Waals surface area contributed by atoms with Crippen LogP contribution in [-0.2, 0) is 4.74 Å². The Morgan fingerprint density at radius 3 is 2.33 bits per heavy atom. The van der Waals surface area contributed by atoms with Crippen molar-refractivity contribution < 1.29 is 9.84 Å². The molecular formula is C9H21NO2. The van der Waals surface area contributed by atoms with Crippen LogP contribution in [0, 0.1) is 5.92 Å². The van der Waals surface area contributed by atoms with Crippen LogP contribution in [0.4, 0.5) is 0 Å². The van der Waals surface area contributed by atoms with E-state index in [0.29, 0.717) is 25.1 Å². The lowest BCUT2D eigenvalue weighted by molar-refractivity contribution is 0.0620. The van der Waals surface area contributed by atoms with E-state index in [9.17, 15) is 5.11 Å². The molecule has 12 heavy (non-hydrogen) atoms. The van der Waals surface area contributed by atoms with Crippen LogP contribution in [0.2, 0.25) is 0 Å². The van der Waals surface area contributed by atoms with Gasteiger partial charge in [0.15, 0.2) is 0 Å². The van der Waals surface area contributed by atoms with E-state index in [1.54, 1.807) is 7.11 Å². The van der Waals surface area contributed by atoms with Crippen LogP contribution in [0.5, 0.6) is 0 Å². The molecule has 3 heteroatoms. The molecule has 0 saturated carbocycles. The fourth-order valence-electron chi connectivity index (χ4n) is 0.809. The number of methoxy groups -OCH3 is 1. The first-order valence-corrected chi connectivity index (χ1v) is 4.48. The summed E-state index contributed by atoms with van der Waals surface area (Å²) in [4.78, 5) is 0. The normalized spacial score (nSPS) is 16.5. The highest BCUT2D eigenvalue weighted by atomic mass is 16.5. The van der Waals surface area contributed by atoms with E-state index in [2.05, 4.69) is 26.1 Å². The van der Waals surface area contributed by atoms with Gasteiger partial charge in [-0.1, -0.05) is 13.8 Å². The van der Waals surface area contributed by atoms with Crippen LogP contribution in [0.3, 0.4) is 0 Å². The van der Waals surface area contributed by atoms with Gasteiger partial charge in [0.2, 0.25) is 0 Å². The van der Waals surface area contributed by atoms with Crippen molar-refractivity contribution in [3.63, 3.8) is 0 Å². The molecule has 0 aromatic heterocycles. The molecule has 0 aliphatic heterocycles. The van der Waals surface area contributed by atoms with E-state index < -0.39 is 6.10 Å². The Hall–Kier alpha value is -0.120. The maximum absolute atomic E-state index is 9.29. The second kappa shape index (κ2) is 6.40. The first kappa shape index (κ1) is 11.9. The number of rotatable bonds is 6. The van der Waals surface area contributed by atoms with Crippen LogP contribution in [-0.4, -0.2) is 37.5 Å². The maximum Gasteiger partial charge on any atom is 0.0897 e. The lowest BCUT2D eigenvalue weighted by Gasteiger charge is -2.19. The van der Waals surface area contributed by atoms with E-state index in [1.807, 2.05) is 0 Å². The zero-order chi connectivity index (χ0) is 9.56. The molecule has 0 aromatic rings. The second-order valence-electron chi connectivity index (χ2n) is 3.55. The van der Waals surface area contributed by atoms with E-state index in [4.69, 9.17) is 4.74 Å². The van der Waals surface area contributed by atoms with Crippen molar-refractivity contribution in [1.82, 2.24) is 5.32 Å². The van der Waals surface area contributed by atoms with Crippen molar-refractivity contribution in [1.29, 1.82) is 0 Å². The predicted molar refractivity (Wildman–Crippen MR) is 50.2 cm³/mol. The maximum atomic E-state index is 9.29. The minimum absolute atomic E-state index is 0.392. The van der Waals surface area contributed by atoms with Crippen molar-refractivity contribution in [2.45, 2.75) is 32.9 Å². The topological polar surface area (TPSA) is 41.5 Å². The third-order valence-corrected chi connectivity index (χ3v) is 2.03. The number of hydrogen-bond acceptors (Lipinski definition) is 3. The monoisotopic (exact) mass is 175 g/mol. The average Bonchev–Trinajstić information content (AvgIpc) is 2.00. The first-order valence-electron chi connectivity index (χ1n) is 4.48. The Labute approximate surface area is 75.1 Å². The Kier molecular flexibility index (Phi) is 6.34. The van der Waals surface area contributed by atoms with Gasteiger partial charge < -0.3 is 15.2 Å². The van der Waals surface area contributed by atoms with Gasteiger partial charge in [-0.3, -0.25) is 0 Å². The van der Waals surface area contributed by atoms with Gasteiger partial charge in [0.05, 0.1) is 12.7 Å². The van der Waals surface area contributed by atoms with E-state index >= 15 is 0 Å².